The van der Waals surface area contributed by atoms with Crippen LogP contribution in [0.25, 0.3) is 0 Å². The molecule has 0 unspecified atom stereocenters. The van der Waals surface area contributed by atoms with E-state index in [4.69, 9.17) is 0 Å². The molecule has 1 nitrogen and oxygen atoms in total. The second kappa shape index (κ2) is 5.48. The van der Waals surface area contributed by atoms with Crippen molar-refractivity contribution in [2.24, 2.45) is 0 Å². The van der Waals surface area contributed by atoms with Gasteiger partial charge >= 0.3 is 18.7 Å². The van der Waals surface area contributed by atoms with Gasteiger partial charge in [-0.15, -0.1) is 11.8 Å². The molecule has 1 aromatic rings. The maximum Gasteiger partial charge on any atom is 0.461 e. The summed E-state index contributed by atoms with van der Waals surface area (Å²) in [6.45, 7) is 0. The Bertz CT molecular complexity index is 444. The van der Waals surface area contributed by atoms with Gasteiger partial charge in [-0.05, 0) is 24.5 Å². The molecule has 1 aromatic carbocycles. The Morgan fingerprint density at radius 2 is 1.63 bits per heavy atom. The van der Waals surface area contributed by atoms with E-state index in [0.29, 0.717) is 6.07 Å². The SMILES string of the molecule is CSc1cc(OC(F)(F)C(F)F)cc(C(F)(F)F)c1. The maximum absolute atomic E-state index is 12.6. The van der Waals surface area contributed by atoms with Crippen LogP contribution in [-0.4, -0.2) is 18.8 Å². The predicted octanol–water partition coefficient (Wildman–Crippen LogP) is 4.66. The second-order valence-electron chi connectivity index (χ2n) is 3.36. The van der Waals surface area contributed by atoms with Crippen molar-refractivity contribution in [1.29, 1.82) is 0 Å². The Kier molecular flexibility index (Phi) is 4.59. The Morgan fingerprint density at radius 1 is 1.05 bits per heavy atom. The lowest BCUT2D eigenvalue weighted by Crippen LogP contribution is -2.33. The third kappa shape index (κ3) is 4.19. The Labute approximate surface area is 107 Å². The molecule has 1 rings (SSSR count). The molecule has 0 aliphatic heterocycles. The zero-order valence-electron chi connectivity index (χ0n) is 9.27. The molecule has 0 N–H and O–H groups in total. The quantitative estimate of drug-likeness (QED) is 0.591. The highest BCUT2D eigenvalue weighted by atomic mass is 32.2. The van der Waals surface area contributed by atoms with Crippen LogP contribution in [0.1, 0.15) is 5.56 Å². The monoisotopic (exact) mass is 308 g/mol. The molecule has 0 saturated heterocycles. The average Bonchev–Trinajstić information content (AvgIpc) is 2.26. The van der Waals surface area contributed by atoms with Gasteiger partial charge < -0.3 is 4.74 Å². The van der Waals surface area contributed by atoms with Crippen LogP contribution >= 0.6 is 11.8 Å². The Hall–Kier alpha value is -1.12. The number of halogens is 7. The molecular formula is C10H7F7OS. The maximum atomic E-state index is 12.6. The van der Waals surface area contributed by atoms with E-state index in [1.807, 2.05) is 0 Å². The highest BCUT2D eigenvalue weighted by Gasteiger charge is 2.44. The number of rotatable bonds is 4. The van der Waals surface area contributed by atoms with Crippen LogP contribution in [0, 0.1) is 0 Å². The topological polar surface area (TPSA) is 9.23 Å². The molecule has 108 valence electrons. The summed E-state index contributed by atoms with van der Waals surface area (Å²) < 4.78 is 90.2. The summed E-state index contributed by atoms with van der Waals surface area (Å²) in [6.07, 6.45) is -12.4. The van der Waals surface area contributed by atoms with Crippen LogP contribution in [0.3, 0.4) is 0 Å². The molecule has 0 amide bonds. The van der Waals surface area contributed by atoms with Gasteiger partial charge in [-0.25, -0.2) is 0 Å². The summed E-state index contributed by atoms with van der Waals surface area (Å²) in [5, 5.41) is 0. The summed E-state index contributed by atoms with van der Waals surface area (Å²) in [6, 6.07) is 1.78. The van der Waals surface area contributed by atoms with E-state index in [0.717, 1.165) is 17.8 Å². The number of alkyl halides is 7. The number of ether oxygens (including phenoxy) is 1. The van der Waals surface area contributed by atoms with Gasteiger partial charge in [-0.2, -0.15) is 30.7 Å². The van der Waals surface area contributed by atoms with Crippen LogP contribution in [0.5, 0.6) is 5.75 Å². The fourth-order valence-electron chi connectivity index (χ4n) is 1.11. The molecule has 0 fully saturated rings. The highest BCUT2D eigenvalue weighted by Crippen LogP contribution is 2.37. The van der Waals surface area contributed by atoms with Crippen molar-refractivity contribution in [2.45, 2.75) is 23.6 Å². The smallest absolute Gasteiger partial charge is 0.428 e. The third-order valence-electron chi connectivity index (χ3n) is 1.95. The molecule has 0 aliphatic carbocycles. The predicted molar refractivity (Wildman–Crippen MR) is 54.8 cm³/mol. The molecule has 0 bridgehead atoms. The van der Waals surface area contributed by atoms with Crippen LogP contribution in [-0.2, 0) is 6.18 Å². The first-order valence-corrected chi connectivity index (χ1v) is 5.90. The van der Waals surface area contributed by atoms with Crippen LogP contribution < -0.4 is 4.74 Å². The van der Waals surface area contributed by atoms with Gasteiger partial charge in [-0.3, -0.25) is 0 Å². The Balaban J connectivity index is 3.15. The summed E-state index contributed by atoms with van der Waals surface area (Å²) in [5.74, 6) is -0.968. The molecule has 0 saturated carbocycles. The van der Waals surface area contributed by atoms with Gasteiger partial charge in [0, 0.05) is 4.90 Å². The molecule has 0 radical (unpaired) electrons. The summed E-state index contributed by atoms with van der Waals surface area (Å²) in [5.41, 5.74) is -1.25. The zero-order chi connectivity index (χ0) is 14.8. The summed E-state index contributed by atoms with van der Waals surface area (Å²) in [4.78, 5) is -0.0325. The molecule has 0 atom stereocenters. The number of benzene rings is 1. The first kappa shape index (κ1) is 15.9. The number of thioether (sulfide) groups is 1. The number of hydrogen-bond acceptors (Lipinski definition) is 2. The van der Waals surface area contributed by atoms with Gasteiger partial charge in [0.05, 0.1) is 5.56 Å². The van der Waals surface area contributed by atoms with E-state index in [9.17, 15) is 30.7 Å². The lowest BCUT2D eigenvalue weighted by atomic mass is 10.2. The lowest BCUT2D eigenvalue weighted by Gasteiger charge is -2.18. The molecule has 19 heavy (non-hydrogen) atoms. The van der Waals surface area contributed by atoms with Crippen molar-refractivity contribution >= 4 is 11.8 Å². The van der Waals surface area contributed by atoms with Crippen molar-refractivity contribution in [3.63, 3.8) is 0 Å². The van der Waals surface area contributed by atoms with Crippen molar-refractivity contribution in [1.82, 2.24) is 0 Å². The minimum absolute atomic E-state index is 0.0325. The standard InChI is InChI=1S/C10H7F7OS/c1-19-7-3-5(9(13,14)15)2-6(4-7)18-10(16,17)8(11)12/h2-4,8H,1H3. The van der Waals surface area contributed by atoms with Gasteiger partial charge in [0.2, 0.25) is 0 Å². The van der Waals surface area contributed by atoms with Crippen molar-refractivity contribution < 1.29 is 35.5 Å². The van der Waals surface area contributed by atoms with Crippen LogP contribution in [0.15, 0.2) is 23.1 Å². The molecule has 9 heteroatoms. The largest absolute Gasteiger partial charge is 0.461 e. The molecular weight excluding hydrogens is 301 g/mol. The van der Waals surface area contributed by atoms with E-state index >= 15 is 0 Å². The van der Waals surface area contributed by atoms with Gasteiger partial charge in [0.25, 0.3) is 0 Å². The van der Waals surface area contributed by atoms with Crippen LogP contribution in [0.2, 0.25) is 0 Å². The van der Waals surface area contributed by atoms with E-state index in [-0.39, 0.29) is 11.0 Å². The Morgan fingerprint density at radius 3 is 2.05 bits per heavy atom. The van der Waals surface area contributed by atoms with E-state index in [2.05, 4.69) is 4.74 Å². The highest BCUT2D eigenvalue weighted by molar-refractivity contribution is 7.98. The second-order valence-corrected chi connectivity index (χ2v) is 4.24. The minimum Gasteiger partial charge on any atom is -0.428 e. The van der Waals surface area contributed by atoms with Crippen LogP contribution in [0.4, 0.5) is 30.7 Å². The van der Waals surface area contributed by atoms with Gasteiger partial charge in [0.15, 0.2) is 0 Å². The summed E-state index contributed by atoms with van der Waals surface area (Å²) in [7, 11) is 0. The van der Waals surface area contributed by atoms with Crippen molar-refractivity contribution in [3.8, 4) is 5.75 Å². The molecule has 0 spiro atoms. The fourth-order valence-corrected chi connectivity index (χ4v) is 1.59. The molecule has 0 aromatic heterocycles. The fraction of sp³-hybridized carbons (Fsp3) is 0.400. The van der Waals surface area contributed by atoms with Crippen molar-refractivity contribution in [3.05, 3.63) is 23.8 Å². The van der Waals surface area contributed by atoms with Gasteiger partial charge in [0.1, 0.15) is 5.75 Å². The van der Waals surface area contributed by atoms with Crippen molar-refractivity contribution in [2.75, 3.05) is 6.26 Å². The number of hydrogen-bond donors (Lipinski definition) is 0. The molecule has 0 aliphatic rings. The van der Waals surface area contributed by atoms with Gasteiger partial charge in [-0.1, -0.05) is 0 Å². The zero-order valence-corrected chi connectivity index (χ0v) is 10.1. The summed E-state index contributed by atoms with van der Waals surface area (Å²) >= 11 is 0.835. The molecule has 0 heterocycles. The minimum atomic E-state index is -4.85. The normalized spacial score (nSPS) is 12.9. The third-order valence-corrected chi connectivity index (χ3v) is 2.66. The first-order valence-electron chi connectivity index (χ1n) is 4.67. The lowest BCUT2D eigenvalue weighted by molar-refractivity contribution is -0.253. The van der Waals surface area contributed by atoms with E-state index in [1.54, 1.807) is 0 Å². The first-order chi connectivity index (χ1) is 8.56. The average molecular weight is 308 g/mol. The van der Waals surface area contributed by atoms with E-state index in [1.165, 1.54) is 6.26 Å². The van der Waals surface area contributed by atoms with E-state index < -0.39 is 30.0 Å².